The number of hydrogen-bond donors (Lipinski definition) is 0. The van der Waals surface area contributed by atoms with Gasteiger partial charge < -0.3 is 4.90 Å². The Morgan fingerprint density at radius 3 is 1.33 bits per heavy atom. The minimum absolute atomic E-state index is 0.0344. The second-order valence-electron chi connectivity index (χ2n) is 17.5. The van der Waals surface area contributed by atoms with Crippen LogP contribution in [0.3, 0.4) is 0 Å². The first-order valence-electron chi connectivity index (χ1n) is 20.8. The van der Waals surface area contributed by atoms with Crippen LogP contribution in [0.15, 0.2) is 200 Å². The Kier molecular flexibility index (Phi) is 8.61. The Labute approximate surface area is 344 Å². The van der Waals surface area contributed by atoms with Crippen molar-refractivity contribution in [3.8, 4) is 33.4 Å². The van der Waals surface area contributed by atoms with E-state index in [0.29, 0.717) is 0 Å². The summed E-state index contributed by atoms with van der Waals surface area (Å²) in [5.74, 6) is 0. The van der Waals surface area contributed by atoms with Crippen molar-refractivity contribution in [3.63, 3.8) is 0 Å². The zero-order valence-electron chi connectivity index (χ0n) is 33.9. The van der Waals surface area contributed by atoms with E-state index in [1.165, 1.54) is 66.8 Å². The van der Waals surface area contributed by atoms with Crippen LogP contribution in [0.1, 0.15) is 73.9 Å². The van der Waals surface area contributed by atoms with Crippen LogP contribution >= 0.6 is 0 Å². The molecule has 10 rings (SSSR count). The Balaban J connectivity index is 1.39. The first-order valence-corrected chi connectivity index (χ1v) is 20.8. The fraction of sp³-hybridized carbons (Fsp3) is 0.158. The molecule has 0 aliphatic heterocycles. The number of nitrogens with zero attached hydrogens (tertiary/aromatic N) is 1. The Bertz CT molecular complexity index is 2670. The Hall–Kier alpha value is -6.44. The van der Waals surface area contributed by atoms with E-state index < -0.39 is 5.41 Å². The van der Waals surface area contributed by atoms with Gasteiger partial charge in [-0.1, -0.05) is 179 Å². The van der Waals surface area contributed by atoms with E-state index in [0.717, 1.165) is 29.9 Å². The summed E-state index contributed by atoms with van der Waals surface area (Å²) in [6.07, 6.45) is 2.32. The highest BCUT2D eigenvalue weighted by molar-refractivity contribution is 6.00. The quantitative estimate of drug-likeness (QED) is 0.157. The van der Waals surface area contributed by atoms with E-state index in [-0.39, 0.29) is 10.8 Å². The molecule has 0 heterocycles. The fourth-order valence-corrected chi connectivity index (χ4v) is 10.2. The van der Waals surface area contributed by atoms with Crippen molar-refractivity contribution in [2.45, 2.75) is 56.8 Å². The molecule has 0 unspecified atom stereocenters. The number of benzene rings is 8. The molecule has 0 aromatic heterocycles. The summed E-state index contributed by atoms with van der Waals surface area (Å²) in [5.41, 5.74) is 18.6. The van der Waals surface area contributed by atoms with Crippen LogP contribution in [0.5, 0.6) is 0 Å². The molecule has 0 radical (unpaired) electrons. The summed E-state index contributed by atoms with van der Waals surface area (Å²) in [6.45, 7) is 9.77. The topological polar surface area (TPSA) is 3.24 Å². The first kappa shape index (κ1) is 35.9. The number of fused-ring (bicyclic) bond motifs is 4. The molecule has 58 heavy (non-hydrogen) atoms. The molecule has 0 spiro atoms. The summed E-state index contributed by atoms with van der Waals surface area (Å²) in [4.78, 5) is 2.49. The maximum absolute atomic E-state index is 2.58. The number of para-hydroxylation sites is 2. The van der Waals surface area contributed by atoms with Gasteiger partial charge in [-0.3, -0.25) is 0 Å². The van der Waals surface area contributed by atoms with Gasteiger partial charge in [0.05, 0.1) is 11.1 Å². The van der Waals surface area contributed by atoms with Crippen LogP contribution in [-0.2, 0) is 16.2 Å². The lowest BCUT2D eigenvalue weighted by Gasteiger charge is -2.43. The normalized spacial score (nSPS) is 15.5. The van der Waals surface area contributed by atoms with E-state index >= 15 is 0 Å². The van der Waals surface area contributed by atoms with Gasteiger partial charge in [-0.05, 0) is 133 Å². The highest BCUT2D eigenvalue weighted by Crippen LogP contribution is 2.60. The van der Waals surface area contributed by atoms with Crippen LogP contribution in [0.25, 0.3) is 33.4 Å². The summed E-state index contributed by atoms with van der Waals surface area (Å²) in [5, 5.41) is 0. The molecule has 8 aromatic carbocycles. The van der Waals surface area contributed by atoms with Gasteiger partial charge in [0.2, 0.25) is 0 Å². The van der Waals surface area contributed by atoms with Gasteiger partial charge >= 0.3 is 0 Å². The second-order valence-corrected chi connectivity index (χ2v) is 17.5. The van der Waals surface area contributed by atoms with E-state index in [2.05, 4.69) is 233 Å². The summed E-state index contributed by atoms with van der Waals surface area (Å²) < 4.78 is 0. The molecule has 282 valence electrons. The lowest BCUT2D eigenvalue weighted by Crippen LogP contribution is -2.34. The van der Waals surface area contributed by atoms with Crippen LogP contribution < -0.4 is 4.90 Å². The number of hydrogen-bond acceptors (Lipinski definition) is 1. The van der Waals surface area contributed by atoms with Crippen molar-refractivity contribution in [2.75, 3.05) is 4.90 Å². The molecule has 0 N–H and O–H groups in total. The average molecular weight is 748 g/mol. The van der Waals surface area contributed by atoms with Gasteiger partial charge in [0.15, 0.2) is 0 Å². The molecule has 0 bridgehead atoms. The highest BCUT2D eigenvalue weighted by Gasteiger charge is 2.47. The lowest BCUT2D eigenvalue weighted by atomic mass is 9.62. The van der Waals surface area contributed by atoms with Gasteiger partial charge in [0, 0.05) is 16.9 Å². The molecule has 0 atom stereocenters. The van der Waals surface area contributed by atoms with Gasteiger partial charge in [-0.2, -0.15) is 0 Å². The third-order valence-electron chi connectivity index (χ3n) is 13.2. The van der Waals surface area contributed by atoms with Gasteiger partial charge in [0.25, 0.3) is 0 Å². The molecule has 0 amide bonds. The summed E-state index contributed by atoms with van der Waals surface area (Å²) in [6, 6.07) is 74.6. The van der Waals surface area contributed by atoms with E-state index in [4.69, 9.17) is 0 Å². The maximum atomic E-state index is 2.58. The minimum atomic E-state index is -0.537. The average Bonchev–Trinajstić information content (AvgIpc) is 3.56. The number of rotatable bonds is 7. The maximum Gasteiger partial charge on any atom is 0.0714 e. The SMILES string of the molecule is CC1(C)CCC(C)(C)c2cc(-c3cc4c(cc3N(c3ccccc3)c3ccccc3)C(c3ccccc3)(c3ccccc3)c3ccccc3-4)c(-c3ccccc3)cc21. The third kappa shape index (κ3) is 5.67. The van der Waals surface area contributed by atoms with Gasteiger partial charge in [-0.15, -0.1) is 0 Å². The van der Waals surface area contributed by atoms with Crippen LogP contribution in [0.4, 0.5) is 17.1 Å². The third-order valence-corrected chi connectivity index (χ3v) is 13.2. The van der Waals surface area contributed by atoms with Crippen molar-refractivity contribution < 1.29 is 0 Å². The highest BCUT2D eigenvalue weighted by atomic mass is 15.1. The van der Waals surface area contributed by atoms with Gasteiger partial charge in [0.1, 0.15) is 0 Å². The summed E-state index contributed by atoms with van der Waals surface area (Å²) in [7, 11) is 0. The zero-order valence-corrected chi connectivity index (χ0v) is 33.9. The fourth-order valence-electron chi connectivity index (χ4n) is 10.2. The van der Waals surface area contributed by atoms with E-state index in [1.807, 2.05) is 0 Å². The summed E-state index contributed by atoms with van der Waals surface area (Å²) >= 11 is 0. The van der Waals surface area contributed by atoms with E-state index in [1.54, 1.807) is 0 Å². The molecule has 2 aliphatic rings. The molecule has 1 nitrogen and oxygen atoms in total. The van der Waals surface area contributed by atoms with E-state index in [9.17, 15) is 0 Å². The van der Waals surface area contributed by atoms with Crippen molar-refractivity contribution >= 4 is 17.1 Å². The molecule has 0 saturated heterocycles. The lowest BCUT2D eigenvalue weighted by molar-refractivity contribution is 0.332. The van der Waals surface area contributed by atoms with Crippen LogP contribution in [0.2, 0.25) is 0 Å². The zero-order chi connectivity index (χ0) is 39.5. The molecular formula is C57H49N. The Morgan fingerprint density at radius 2 is 0.793 bits per heavy atom. The standard InChI is InChI=1S/C57H49N/c1-55(2)34-35-56(3,4)53-38-47(46(37-52(53)55)40-22-10-5-11-23-40)49-36-48-45-32-20-21-33-50(45)57(41-24-12-6-13-25-41,42-26-14-7-15-27-42)51(48)39-54(49)58(43-28-16-8-17-29-43)44-30-18-9-19-31-44/h5-33,36-39H,34-35H2,1-4H3. The largest absolute Gasteiger partial charge is 0.310 e. The van der Waals surface area contributed by atoms with Gasteiger partial charge in [-0.25, -0.2) is 0 Å². The van der Waals surface area contributed by atoms with Crippen LogP contribution in [-0.4, -0.2) is 0 Å². The molecule has 8 aromatic rings. The van der Waals surface area contributed by atoms with Crippen molar-refractivity contribution in [2.24, 2.45) is 0 Å². The van der Waals surface area contributed by atoms with Crippen molar-refractivity contribution in [3.05, 3.63) is 234 Å². The molecule has 0 saturated carbocycles. The first-order chi connectivity index (χ1) is 28.3. The van der Waals surface area contributed by atoms with Crippen molar-refractivity contribution in [1.82, 2.24) is 0 Å². The molecule has 0 fully saturated rings. The number of anilines is 3. The second kappa shape index (κ2) is 13.9. The molecule has 1 heteroatoms. The smallest absolute Gasteiger partial charge is 0.0714 e. The minimum Gasteiger partial charge on any atom is -0.310 e. The molecule has 2 aliphatic carbocycles. The predicted molar refractivity (Wildman–Crippen MR) is 245 cm³/mol. The Morgan fingerprint density at radius 1 is 0.345 bits per heavy atom. The predicted octanol–water partition coefficient (Wildman–Crippen LogP) is 15.2. The molecular weight excluding hydrogens is 699 g/mol. The van der Waals surface area contributed by atoms with Crippen LogP contribution in [0, 0.1) is 0 Å². The van der Waals surface area contributed by atoms with Crippen molar-refractivity contribution in [1.29, 1.82) is 0 Å². The monoisotopic (exact) mass is 747 g/mol.